The van der Waals surface area contributed by atoms with Crippen LogP contribution in [0.15, 0.2) is 21.5 Å². The molecule has 0 unspecified atom stereocenters. The van der Waals surface area contributed by atoms with Crippen LogP contribution in [0.1, 0.15) is 18.6 Å². The van der Waals surface area contributed by atoms with Gasteiger partial charge in [-0.05, 0) is 18.8 Å². The molecule has 2 atom stereocenters. The number of ether oxygens (including phenoxy) is 1. The molecule has 0 aliphatic carbocycles. The molecular weight excluding hydrogens is 310 g/mol. The quantitative estimate of drug-likeness (QED) is 0.831. The van der Waals surface area contributed by atoms with Crippen molar-refractivity contribution < 1.29 is 13.9 Å². The van der Waals surface area contributed by atoms with E-state index >= 15 is 0 Å². The van der Waals surface area contributed by atoms with Gasteiger partial charge in [-0.1, -0.05) is 0 Å². The molecule has 132 valence electrons. The number of hydrogen-bond acceptors (Lipinski definition) is 5. The number of nitrogens with zero attached hydrogens (tertiary/aromatic N) is 3. The lowest BCUT2D eigenvalue weighted by molar-refractivity contribution is 0.113. The normalized spacial score (nSPS) is 23.9. The number of carbonyl (C=O) groups is 1. The zero-order valence-corrected chi connectivity index (χ0v) is 14.5. The second-order valence-electron chi connectivity index (χ2n) is 6.89. The molecule has 2 amide bonds. The van der Waals surface area contributed by atoms with E-state index in [1.807, 2.05) is 4.90 Å². The Morgan fingerprint density at radius 1 is 1.33 bits per heavy atom. The van der Waals surface area contributed by atoms with E-state index in [4.69, 9.17) is 9.15 Å². The average Bonchev–Trinajstić information content (AvgIpc) is 2.86. The highest BCUT2D eigenvalue weighted by Gasteiger charge is 2.37. The van der Waals surface area contributed by atoms with Crippen molar-refractivity contribution in [1.82, 2.24) is 14.7 Å². The van der Waals surface area contributed by atoms with Crippen molar-refractivity contribution in [2.75, 3.05) is 40.8 Å². The molecule has 0 aromatic carbocycles. The van der Waals surface area contributed by atoms with E-state index in [1.165, 1.54) is 19.4 Å². The lowest BCUT2D eigenvalue weighted by Crippen LogP contribution is -2.45. The largest absolute Gasteiger partial charge is 0.490 e. The van der Waals surface area contributed by atoms with Crippen LogP contribution in [0.3, 0.4) is 0 Å². The SMILES string of the molecule is COc1coc(CN2C[C@H]3CC[C@@H]2CN(C(=O)N(C)C)C3)cc1=O. The third kappa shape index (κ3) is 3.40. The highest BCUT2D eigenvalue weighted by Crippen LogP contribution is 2.29. The molecule has 3 saturated heterocycles. The van der Waals surface area contributed by atoms with Gasteiger partial charge in [-0.25, -0.2) is 4.79 Å². The first-order valence-electron chi connectivity index (χ1n) is 8.34. The fourth-order valence-corrected chi connectivity index (χ4v) is 3.68. The minimum Gasteiger partial charge on any atom is -0.490 e. The van der Waals surface area contributed by atoms with Crippen molar-refractivity contribution in [3.05, 3.63) is 28.3 Å². The van der Waals surface area contributed by atoms with Crippen LogP contribution in [0, 0.1) is 5.92 Å². The minimum absolute atomic E-state index is 0.0738. The lowest BCUT2D eigenvalue weighted by Gasteiger charge is -2.35. The molecule has 0 spiro atoms. The maximum Gasteiger partial charge on any atom is 0.319 e. The van der Waals surface area contributed by atoms with Gasteiger partial charge in [-0.3, -0.25) is 9.69 Å². The van der Waals surface area contributed by atoms with E-state index in [0.29, 0.717) is 24.3 Å². The van der Waals surface area contributed by atoms with Gasteiger partial charge in [0.1, 0.15) is 12.0 Å². The van der Waals surface area contributed by atoms with Gasteiger partial charge in [0, 0.05) is 45.8 Å². The summed E-state index contributed by atoms with van der Waals surface area (Å²) in [5.41, 5.74) is -0.164. The number of piperidine rings is 1. The van der Waals surface area contributed by atoms with E-state index in [0.717, 1.165) is 32.5 Å². The predicted molar refractivity (Wildman–Crippen MR) is 89.1 cm³/mol. The zero-order valence-electron chi connectivity index (χ0n) is 14.5. The van der Waals surface area contributed by atoms with E-state index < -0.39 is 0 Å². The maximum absolute atomic E-state index is 12.3. The number of fused-ring (bicyclic) bond motifs is 4. The van der Waals surface area contributed by atoms with Crippen LogP contribution >= 0.6 is 0 Å². The van der Waals surface area contributed by atoms with Crippen molar-refractivity contribution in [2.45, 2.75) is 25.4 Å². The predicted octanol–water partition coefficient (Wildman–Crippen LogP) is 1.23. The van der Waals surface area contributed by atoms with E-state index in [1.54, 1.807) is 19.0 Å². The Bertz CT molecular complexity index is 657. The van der Waals surface area contributed by atoms with Gasteiger partial charge in [0.05, 0.1) is 13.7 Å². The molecule has 24 heavy (non-hydrogen) atoms. The fourth-order valence-electron chi connectivity index (χ4n) is 3.68. The summed E-state index contributed by atoms with van der Waals surface area (Å²) >= 11 is 0. The van der Waals surface area contributed by atoms with Gasteiger partial charge in [-0.2, -0.15) is 0 Å². The molecule has 3 aliphatic rings. The summed E-state index contributed by atoms with van der Waals surface area (Å²) in [6.45, 7) is 3.05. The topological polar surface area (TPSA) is 66.2 Å². The second-order valence-corrected chi connectivity index (χ2v) is 6.89. The maximum atomic E-state index is 12.3. The van der Waals surface area contributed by atoms with Crippen LogP contribution < -0.4 is 10.2 Å². The number of rotatable bonds is 3. The Labute approximate surface area is 141 Å². The monoisotopic (exact) mass is 335 g/mol. The molecule has 0 radical (unpaired) electrons. The van der Waals surface area contributed by atoms with Gasteiger partial charge < -0.3 is 19.0 Å². The van der Waals surface area contributed by atoms with Gasteiger partial charge in [0.2, 0.25) is 11.2 Å². The average molecular weight is 335 g/mol. The van der Waals surface area contributed by atoms with E-state index in [9.17, 15) is 9.59 Å². The lowest BCUT2D eigenvalue weighted by atomic mass is 9.95. The molecular formula is C17H25N3O4. The van der Waals surface area contributed by atoms with Crippen molar-refractivity contribution in [1.29, 1.82) is 0 Å². The van der Waals surface area contributed by atoms with Crippen molar-refractivity contribution in [2.24, 2.45) is 5.92 Å². The number of methoxy groups -OCH3 is 1. The van der Waals surface area contributed by atoms with Gasteiger partial charge in [-0.15, -0.1) is 0 Å². The molecule has 3 aliphatic heterocycles. The van der Waals surface area contributed by atoms with Crippen LogP contribution in [0.25, 0.3) is 0 Å². The molecule has 7 heteroatoms. The Morgan fingerprint density at radius 3 is 2.79 bits per heavy atom. The number of amides is 2. The summed E-state index contributed by atoms with van der Waals surface area (Å²) in [7, 11) is 5.04. The summed E-state index contributed by atoms with van der Waals surface area (Å²) in [6.07, 6.45) is 3.59. The van der Waals surface area contributed by atoms with E-state index in [2.05, 4.69) is 4.90 Å². The molecule has 1 aromatic heterocycles. The Balaban J connectivity index is 1.73. The first-order chi connectivity index (χ1) is 11.5. The summed E-state index contributed by atoms with van der Waals surface area (Å²) in [5.74, 6) is 1.33. The number of carbonyl (C=O) groups excluding carboxylic acids is 1. The number of urea groups is 1. The Kier molecular flexibility index (Phi) is 4.80. The summed E-state index contributed by atoms with van der Waals surface area (Å²) < 4.78 is 10.5. The first kappa shape index (κ1) is 16.8. The summed E-state index contributed by atoms with van der Waals surface area (Å²) in [4.78, 5) is 30.1. The van der Waals surface area contributed by atoms with Crippen LogP contribution in [-0.4, -0.2) is 67.6 Å². The fraction of sp³-hybridized carbons (Fsp3) is 0.647. The van der Waals surface area contributed by atoms with Gasteiger partial charge >= 0.3 is 6.03 Å². The van der Waals surface area contributed by atoms with Gasteiger partial charge in [0.15, 0.2) is 0 Å². The van der Waals surface area contributed by atoms with Crippen LogP contribution in [0.5, 0.6) is 5.75 Å². The molecule has 1 aromatic rings. The third-order valence-electron chi connectivity index (χ3n) is 4.91. The van der Waals surface area contributed by atoms with Gasteiger partial charge in [0.25, 0.3) is 0 Å². The Hall–Kier alpha value is -2.02. The molecule has 0 N–H and O–H groups in total. The summed E-state index contributed by atoms with van der Waals surface area (Å²) in [5, 5.41) is 0. The first-order valence-corrected chi connectivity index (χ1v) is 8.34. The molecule has 2 bridgehead atoms. The van der Waals surface area contributed by atoms with Crippen molar-refractivity contribution in [3.8, 4) is 5.75 Å². The molecule has 3 fully saturated rings. The number of hydrogen-bond donors (Lipinski definition) is 0. The van der Waals surface area contributed by atoms with Crippen LogP contribution in [0.2, 0.25) is 0 Å². The summed E-state index contributed by atoms with van der Waals surface area (Å²) in [6, 6.07) is 1.88. The zero-order chi connectivity index (χ0) is 17.3. The molecule has 7 nitrogen and oxygen atoms in total. The van der Waals surface area contributed by atoms with Crippen molar-refractivity contribution >= 4 is 6.03 Å². The Morgan fingerprint density at radius 2 is 2.12 bits per heavy atom. The van der Waals surface area contributed by atoms with E-state index in [-0.39, 0.29) is 17.2 Å². The molecule has 4 rings (SSSR count). The van der Waals surface area contributed by atoms with Crippen molar-refractivity contribution in [3.63, 3.8) is 0 Å². The standard InChI is InChI=1S/C17H25N3O4/c1-18(2)17(22)20-8-12-4-5-13(9-20)19(7-12)10-14-6-15(21)16(23-3)11-24-14/h6,11-13H,4-5,7-10H2,1-3H3/t12-,13-/m1/s1. The third-order valence-corrected chi connectivity index (χ3v) is 4.91. The minimum atomic E-state index is -0.164. The molecule has 4 heterocycles. The van der Waals surface area contributed by atoms with Crippen LogP contribution in [0.4, 0.5) is 4.79 Å². The highest BCUT2D eigenvalue weighted by molar-refractivity contribution is 5.74. The molecule has 0 saturated carbocycles. The smallest absolute Gasteiger partial charge is 0.319 e. The second kappa shape index (κ2) is 6.84. The van der Waals surface area contributed by atoms with Crippen LogP contribution in [-0.2, 0) is 6.54 Å². The highest BCUT2D eigenvalue weighted by atomic mass is 16.5.